The summed E-state index contributed by atoms with van der Waals surface area (Å²) in [5, 5.41) is 10.3. The quantitative estimate of drug-likeness (QED) is 0.916. The number of carbonyl (C=O) groups is 1. The highest BCUT2D eigenvalue weighted by molar-refractivity contribution is 5.99. The molecule has 0 spiro atoms. The van der Waals surface area contributed by atoms with Crippen LogP contribution in [0.4, 0.5) is 0 Å². The fourth-order valence-electron chi connectivity index (χ4n) is 4.00. The van der Waals surface area contributed by atoms with E-state index in [9.17, 15) is 9.90 Å². The van der Waals surface area contributed by atoms with E-state index in [-0.39, 0.29) is 18.3 Å². The summed E-state index contributed by atoms with van der Waals surface area (Å²) in [7, 11) is 3.24. The van der Waals surface area contributed by atoms with Crippen LogP contribution in [-0.2, 0) is 15.9 Å². The molecule has 2 aliphatic rings. The summed E-state index contributed by atoms with van der Waals surface area (Å²) in [4.78, 5) is 12.5. The zero-order valence-corrected chi connectivity index (χ0v) is 15.1. The Bertz CT molecular complexity index is 871. The third-order valence-corrected chi connectivity index (χ3v) is 5.16. The van der Waals surface area contributed by atoms with Gasteiger partial charge >= 0.3 is 0 Å². The SMILES string of the molecule is COc1cccc2c1C(c1ccc3c(c1)C(=O)CC(C)(O)C3)OC2OC. The second-order valence-electron chi connectivity index (χ2n) is 7.24. The van der Waals surface area contributed by atoms with Gasteiger partial charge in [-0.2, -0.15) is 0 Å². The van der Waals surface area contributed by atoms with Gasteiger partial charge < -0.3 is 19.3 Å². The van der Waals surface area contributed by atoms with Crippen molar-refractivity contribution in [3.05, 3.63) is 64.2 Å². The van der Waals surface area contributed by atoms with Gasteiger partial charge in [-0.3, -0.25) is 4.79 Å². The van der Waals surface area contributed by atoms with Crippen molar-refractivity contribution >= 4 is 5.78 Å². The topological polar surface area (TPSA) is 65.0 Å². The van der Waals surface area contributed by atoms with Crippen molar-refractivity contribution in [2.75, 3.05) is 14.2 Å². The molecule has 136 valence electrons. The molecule has 3 atom stereocenters. The predicted molar refractivity (Wildman–Crippen MR) is 95.4 cm³/mol. The second kappa shape index (κ2) is 6.20. The van der Waals surface area contributed by atoms with E-state index >= 15 is 0 Å². The molecule has 1 aliphatic heterocycles. The lowest BCUT2D eigenvalue weighted by atomic mass is 9.79. The number of carbonyl (C=O) groups excluding carboxylic acids is 1. The molecule has 0 amide bonds. The molecule has 2 aromatic carbocycles. The Balaban J connectivity index is 1.79. The first-order valence-corrected chi connectivity index (χ1v) is 8.67. The summed E-state index contributed by atoms with van der Waals surface area (Å²) < 4.78 is 17.1. The van der Waals surface area contributed by atoms with Crippen molar-refractivity contribution in [2.24, 2.45) is 0 Å². The molecule has 1 heterocycles. The van der Waals surface area contributed by atoms with E-state index in [1.165, 1.54) is 0 Å². The Morgan fingerprint density at radius 2 is 2.00 bits per heavy atom. The number of methoxy groups -OCH3 is 2. The van der Waals surface area contributed by atoms with Crippen LogP contribution in [0.25, 0.3) is 0 Å². The smallest absolute Gasteiger partial charge is 0.185 e. The molecule has 1 aliphatic carbocycles. The second-order valence-corrected chi connectivity index (χ2v) is 7.24. The van der Waals surface area contributed by atoms with Crippen LogP contribution in [0.3, 0.4) is 0 Å². The number of ketones is 1. The van der Waals surface area contributed by atoms with Crippen LogP contribution >= 0.6 is 0 Å². The molecule has 1 N–H and O–H groups in total. The zero-order valence-electron chi connectivity index (χ0n) is 15.1. The summed E-state index contributed by atoms with van der Waals surface area (Å²) in [6.07, 6.45) is -0.236. The Hall–Kier alpha value is -2.21. The van der Waals surface area contributed by atoms with E-state index in [4.69, 9.17) is 14.2 Å². The number of hydrogen-bond donors (Lipinski definition) is 1. The van der Waals surface area contributed by atoms with E-state index < -0.39 is 11.9 Å². The number of benzene rings is 2. The lowest BCUT2D eigenvalue weighted by Gasteiger charge is -2.29. The number of ether oxygens (including phenoxy) is 3. The van der Waals surface area contributed by atoms with Gasteiger partial charge in [0.05, 0.1) is 12.7 Å². The maximum atomic E-state index is 12.5. The number of Topliss-reactive ketones (excluding diaryl/α,β-unsaturated/α-hetero) is 1. The zero-order chi connectivity index (χ0) is 18.5. The average Bonchev–Trinajstić information content (AvgIpc) is 2.99. The standard InChI is InChI=1S/C21H22O5/c1-21(23)10-13-8-7-12(9-15(13)16(22)11-21)19-18-14(20(25-3)26-19)5-4-6-17(18)24-2/h4-9,19-20,23H,10-11H2,1-3H3. The first-order valence-electron chi connectivity index (χ1n) is 8.67. The molecule has 4 rings (SSSR count). The normalized spacial score (nSPS) is 27.2. The summed E-state index contributed by atoms with van der Waals surface area (Å²) in [6.45, 7) is 1.70. The highest BCUT2D eigenvalue weighted by atomic mass is 16.7. The molecular weight excluding hydrogens is 332 g/mol. The van der Waals surface area contributed by atoms with Gasteiger partial charge in [-0.25, -0.2) is 0 Å². The molecule has 3 unspecified atom stereocenters. The van der Waals surface area contributed by atoms with Crippen LogP contribution in [0.15, 0.2) is 36.4 Å². The van der Waals surface area contributed by atoms with E-state index in [1.54, 1.807) is 21.1 Å². The third kappa shape index (κ3) is 2.72. The summed E-state index contributed by atoms with van der Waals surface area (Å²) >= 11 is 0. The van der Waals surface area contributed by atoms with Gasteiger partial charge in [0.1, 0.15) is 11.9 Å². The maximum absolute atomic E-state index is 12.5. The van der Waals surface area contributed by atoms with Crippen molar-refractivity contribution in [2.45, 2.75) is 37.8 Å². The third-order valence-electron chi connectivity index (χ3n) is 5.16. The fraction of sp³-hybridized carbons (Fsp3) is 0.381. The van der Waals surface area contributed by atoms with E-state index in [1.807, 2.05) is 36.4 Å². The summed E-state index contributed by atoms with van der Waals surface area (Å²) in [5.74, 6) is 0.693. The lowest BCUT2D eigenvalue weighted by Crippen LogP contribution is -2.35. The predicted octanol–water partition coefficient (Wildman–Crippen LogP) is 3.34. The molecule has 0 aromatic heterocycles. The highest BCUT2D eigenvalue weighted by Crippen LogP contribution is 2.47. The van der Waals surface area contributed by atoms with Gasteiger partial charge in [-0.1, -0.05) is 24.3 Å². The van der Waals surface area contributed by atoms with Gasteiger partial charge in [0.15, 0.2) is 12.1 Å². The van der Waals surface area contributed by atoms with Crippen molar-refractivity contribution in [3.63, 3.8) is 0 Å². The van der Waals surface area contributed by atoms with Crippen LogP contribution in [-0.4, -0.2) is 30.7 Å². The van der Waals surface area contributed by atoms with Crippen molar-refractivity contribution in [1.29, 1.82) is 0 Å². The first kappa shape index (κ1) is 17.2. The van der Waals surface area contributed by atoms with Crippen LogP contribution in [0, 0.1) is 0 Å². The van der Waals surface area contributed by atoms with Crippen LogP contribution in [0.2, 0.25) is 0 Å². The average molecular weight is 354 g/mol. The molecule has 26 heavy (non-hydrogen) atoms. The van der Waals surface area contributed by atoms with E-state index in [0.29, 0.717) is 12.0 Å². The lowest BCUT2D eigenvalue weighted by molar-refractivity contribution is -0.132. The molecule has 5 nitrogen and oxygen atoms in total. The Morgan fingerprint density at radius 3 is 2.73 bits per heavy atom. The van der Waals surface area contributed by atoms with Gasteiger partial charge in [0.25, 0.3) is 0 Å². The minimum atomic E-state index is -0.980. The summed E-state index contributed by atoms with van der Waals surface area (Å²) in [5.41, 5.74) is 3.29. The number of aliphatic hydroxyl groups is 1. The van der Waals surface area contributed by atoms with Crippen molar-refractivity contribution in [1.82, 2.24) is 0 Å². The maximum Gasteiger partial charge on any atom is 0.185 e. The van der Waals surface area contributed by atoms with Crippen molar-refractivity contribution < 1.29 is 24.1 Å². The molecule has 0 saturated heterocycles. The monoisotopic (exact) mass is 354 g/mol. The van der Waals surface area contributed by atoms with E-state index in [2.05, 4.69) is 0 Å². The van der Waals surface area contributed by atoms with Gasteiger partial charge in [-0.05, 0) is 30.2 Å². The number of rotatable bonds is 3. The van der Waals surface area contributed by atoms with E-state index in [0.717, 1.165) is 28.0 Å². The van der Waals surface area contributed by atoms with Crippen molar-refractivity contribution in [3.8, 4) is 5.75 Å². The first-order chi connectivity index (χ1) is 12.4. The fourth-order valence-corrected chi connectivity index (χ4v) is 4.00. The number of fused-ring (bicyclic) bond motifs is 2. The molecule has 0 fully saturated rings. The number of hydrogen-bond acceptors (Lipinski definition) is 5. The molecule has 0 saturated carbocycles. The molecular formula is C21H22O5. The molecule has 2 aromatic rings. The Morgan fingerprint density at radius 1 is 1.19 bits per heavy atom. The van der Waals surface area contributed by atoms with Crippen LogP contribution < -0.4 is 4.74 Å². The van der Waals surface area contributed by atoms with Gasteiger partial charge in [0, 0.05) is 36.6 Å². The molecule has 5 heteroatoms. The van der Waals surface area contributed by atoms with Gasteiger partial charge in [-0.15, -0.1) is 0 Å². The summed E-state index contributed by atoms with van der Waals surface area (Å²) in [6, 6.07) is 11.5. The largest absolute Gasteiger partial charge is 0.496 e. The minimum Gasteiger partial charge on any atom is -0.496 e. The Kier molecular flexibility index (Phi) is 4.10. The highest BCUT2D eigenvalue weighted by Gasteiger charge is 2.37. The van der Waals surface area contributed by atoms with Crippen LogP contribution in [0.1, 0.15) is 58.4 Å². The minimum absolute atomic E-state index is 0.0420. The molecule has 0 radical (unpaired) electrons. The van der Waals surface area contributed by atoms with Gasteiger partial charge in [0.2, 0.25) is 0 Å². The van der Waals surface area contributed by atoms with Crippen LogP contribution in [0.5, 0.6) is 5.75 Å². The molecule has 0 bridgehead atoms. The Labute approximate surface area is 152 Å².